The fourth-order valence-corrected chi connectivity index (χ4v) is 1.37. The molecule has 0 N–H and O–H groups in total. The Hall–Kier alpha value is -1.02. The van der Waals surface area contributed by atoms with Crippen LogP contribution < -0.4 is 0 Å². The molecule has 1 radical (unpaired) electrons. The van der Waals surface area contributed by atoms with Gasteiger partial charge in [-0.25, -0.2) is 0 Å². The Labute approximate surface area is 79.2 Å². The second kappa shape index (κ2) is 3.15. The van der Waals surface area contributed by atoms with E-state index in [0.29, 0.717) is 0 Å². The van der Waals surface area contributed by atoms with Crippen LogP contribution in [0.3, 0.4) is 0 Å². The Kier molecular flexibility index (Phi) is 2.00. The molecule has 2 aromatic rings. The molecular weight excluding hydrogens is 216 g/mol. The zero-order chi connectivity index (χ0) is 8.39. The van der Waals surface area contributed by atoms with Crippen LogP contribution in [-0.4, -0.2) is 0 Å². The number of furan rings is 1. The van der Waals surface area contributed by atoms with Crippen molar-refractivity contribution in [2.75, 3.05) is 0 Å². The van der Waals surface area contributed by atoms with Gasteiger partial charge in [0.1, 0.15) is 5.76 Å². The van der Waals surface area contributed by atoms with Crippen LogP contribution in [0.1, 0.15) is 0 Å². The maximum Gasteiger partial charge on any atom is 0.134 e. The summed E-state index contributed by atoms with van der Waals surface area (Å²) in [7, 11) is 0. The summed E-state index contributed by atoms with van der Waals surface area (Å²) < 4.78 is 6.26. The van der Waals surface area contributed by atoms with E-state index >= 15 is 0 Å². The molecule has 0 aliphatic heterocycles. The zero-order valence-electron chi connectivity index (χ0n) is 6.25. The van der Waals surface area contributed by atoms with Crippen LogP contribution in [0.4, 0.5) is 0 Å². The van der Waals surface area contributed by atoms with Crippen LogP contribution in [-0.2, 0) is 0 Å². The summed E-state index contributed by atoms with van der Waals surface area (Å²) in [6.07, 6.45) is 1.66. The van der Waals surface area contributed by atoms with Crippen LogP contribution in [0.25, 0.3) is 11.3 Å². The maximum absolute atomic E-state index is 5.22. The quantitative estimate of drug-likeness (QED) is 0.719. The van der Waals surface area contributed by atoms with Crippen molar-refractivity contribution in [2.45, 2.75) is 0 Å². The van der Waals surface area contributed by atoms with Gasteiger partial charge >= 0.3 is 0 Å². The standard InChI is InChI=1S/C10H6BrO/c11-9-4-1-3-8(7-9)10-5-2-6-12-10/h1-2,4-7H. The minimum Gasteiger partial charge on any atom is -0.464 e. The molecule has 0 amide bonds. The number of hydrogen-bond acceptors (Lipinski definition) is 1. The Morgan fingerprint density at radius 1 is 1.33 bits per heavy atom. The van der Waals surface area contributed by atoms with E-state index in [1.807, 2.05) is 30.3 Å². The molecule has 1 aromatic heterocycles. The molecule has 2 rings (SSSR count). The third-order valence-electron chi connectivity index (χ3n) is 1.55. The van der Waals surface area contributed by atoms with Crippen molar-refractivity contribution >= 4 is 15.9 Å². The third kappa shape index (κ3) is 1.43. The molecule has 0 atom stereocenters. The lowest BCUT2D eigenvalue weighted by Gasteiger charge is -1.95. The van der Waals surface area contributed by atoms with Crippen molar-refractivity contribution in [1.29, 1.82) is 0 Å². The summed E-state index contributed by atoms with van der Waals surface area (Å²) in [6, 6.07) is 12.6. The highest BCUT2D eigenvalue weighted by molar-refractivity contribution is 9.10. The van der Waals surface area contributed by atoms with Gasteiger partial charge in [-0.2, -0.15) is 0 Å². The minimum atomic E-state index is 0.844. The Morgan fingerprint density at radius 3 is 2.92 bits per heavy atom. The first-order valence-electron chi connectivity index (χ1n) is 3.57. The third-order valence-corrected chi connectivity index (χ3v) is 2.04. The SMILES string of the molecule is Brc1cc[c]c(-c2ccco2)c1. The summed E-state index contributed by atoms with van der Waals surface area (Å²) in [5, 5.41) is 0. The number of hydrogen-bond donors (Lipinski definition) is 0. The summed E-state index contributed by atoms with van der Waals surface area (Å²) in [4.78, 5) is 0. The molecule has 1 nitrogen and oxygen atoms in total. The molecular formula is C10H6BrO. The average Bonchev–Trinajstić information content (AvgIpc) is 2.56. The highest BCUT2D eigenvalue weighted by Gasteiger charge is 1.99. The van der Waals surface area contributed by atoms with Crippen LogP contribution in [0.15, 0.2) is 45.5 Å². The van der Waals surface area contributed by atoms with Crippen LogP contribution in [0.5, 0.6) is 0 Å². The van der Waals surface area contributed by atoms with Crippen LogP contribution in [0, 0.1) is 6.07 Å². The van der Waals surface area contributed by atoms with Gasteiger partial charge in [0.25, 0.3) is 0 Å². The molecule has 0 bridgehead atoms. The van der Waals surface area contributed by atoms with Gasteiger partial charge in [0.15, 0.2) is 0 Å². The molecule has 0 aliphatic rings. The molecule has 1 aromatic carbocycles. The van der Waals surface area contributed by atoms with Crippen molar-refractivity contribution in [1.82, 2.24) is 0 Å². The minimum absolute atomic E-state index is 0.844. The highest BCUT2D eigenvalue weighted by Crippen LogP contribution is 2.22. The van der Waals surface area contributed by atoms with Gasteiger partial charge in [-0.15, -0.1) is 0 Å². The molecule has 59 valence electrons. The van der Waals surface area contributed by atoms with Crippen molar-refractivity contribution in [3.8, 4) is 11.3 Å². The van der Waals surface area contributed by atoms with E-state index in [9.17, 15) is 0 Å². The van der Waals surface area contributed by atoms with Gasteiger partial charge in [0.2, 0.25) is 0 Å². The van der Waals surface area contributed by atoms with Gasteiger partial charge < -0.3 is 4.42 Å². The van der Waals surface area contributed by atoms with Crippen LogP contribution in [0.2, 0.25) is 0 Å². The predicted molar refractivity (Wildman–Crippen MR) is 50.7 cm³/mol. The molecule has 0 unspecified atom stereocenters. The molecule has 0 aliphatic carbocycles. The Morgan fingerprint density at radius 2 is 2.25 bits per heavy atom. The lowest BCUT2D eigenvalue weighted by Crippen LogP contribution is -1.72. The normalized spacial score (nSPS) is 10.1. The molecule has 12 heavy (non-hydrogen) atoms. The van der Waals surface area contributed by atoms with Gasteiger partial charge in [-0.05, 0) is 30.3 Å². The highest BCUT2D eigenvalue weighted by atomic mass is 79.9. The van der Waals surface area contributed by atoms with Crippen molar-refractivity contribution in [3.05, 3.63) is 47.1 Å². The van der Waals surface area contributed by atoms with Gasteiger partial charge in [0, 0.05) is 10.0 Å². The van der Waals surface area contributed by atoms with E-state index in [2.05, 4.69) is 22.0 Å². The second-order valence-electron chi connectivity index (χ2n) is 2.40. The van der Waals surface area contributed by atoms with E-state index in [1.165, 1.54) is 0 Å². The first kappa shape index (κ1) is 7.62. The molecule has 0 saturated carbocycles. The van der Waals surface area contributed by atoms with Gasteiger partial charge in [-0.3, -0.25) is 0 Å². The van der Waals surface area contributed by atoms with E-state index in [0.717, 1.165) is 15.8 Å². The first-order chi connectivity index (χ1) is 5.86. The van der Waals surface area contributed by atoms with E-state index in [-0.39, 0.29) is 0 Å². The van der Waals surface area contributed by atoms with Gasteiger partial charge in [0.05, 0.1) is 6.26 Å². The first-order valence-corrected chi connectivity index (χ1v) is 4.37. The number of halogens is 1. The summed E-state index contributed by atoms with van der Waals surface area (Å²) >= 11 is 3.39. The van der Waals surface area contributed by atoms with E-state index in [4.69, 9.17) is 4.42 Å². The second-order valence-corrected chi connectivity index (χ2v) is 3.31. The topological polar surface area (TPSA) is 13.1 Å². The molecule has 2 heteroatoms. The fraction of sp³-hybridized carbons (Fsp3) is 0. The van der Waals surface area contributed by atoms with Crippen molar-refractivity contribution in [3.63, 3.8) is 0 Å². The van der Waals surface area contributed by atoms with Gasteiger partial charge in [-0.1, -0.05) is 22.0 Å². The van der Waals surface area contributed by atoms with Crippen LogP contribution >= 0.6 is 15.9 Å². The average molecular weight is 222 g/mol. The summed E-state index contributed by atoms with van der Waals surface area (Å²) in [5.41, 5.74) is 0.967. The lowest BCUT2D eigenvalue weighted by molar-refractivity contribution is 0.582. The monoisotopic (exact) mass is 221 g/mol. The predicted octanol–water partition coefficient (Wildman–Crippen LogP) is 3.51. The van der Waals surface area contributed by atoms with Crippen molar-refractivity contribution in [2.24, 2.45) is 0 Å². The molecule has 0 fully saturated rings. The van der Waals surface area contributed by atoms with Crippen molar-refractivity contribution < 1.29 is 4.42 Å². The fourth-order valence-electron chi connectivity index (χ4n) is 1.01. The Balaban J connectivity index is 2.48. The number of rotatable bonds is 1. The van der Waals surface area contributed by atoms with E-state index < -0.39 is 0 Å². The molecule has 0 spiro atoms. The zero-order valence-corrected chi connectivity index (χ0v) is 7.84. The molecule has 0 saturated heterocycles. The Bertz CT molecular complexity index is 365. The molecule has 1 heterocycles. The smallest absolute Gasteiger partial charge is 0.134 e. The van der Waals surface area contributed by atoms with E-state index in [1.54, 1.807) is 6.26 Å². The lowest BCUT2D eigenvalue weighted by atomic mass is 10.2. The maximum atomic E-state index is 5.22. The summed E-state index contributed by atoms with van der Waals surface area (Å²) in [5.74, 6) is 0.844. The summed E-state index contributed by atoms with van der Waals surface area (Å²) in [6.45, 7) is 0. The number of benzene rings is 1. The largest absolute Gasteiger partial charge is 0.464 e.